The lowest BCUT2D eigenvalue weighted by Gasteiger charge is -2.20. The maximum Gasteiger partial charge on any atom is 0.0721 e. The molecule has 30 heavy (non-hydrogen) atoms. The van der Waals surface area contributed by atoms with Crippen LogP contribution in [0.3, 0.4) is 0 Å². The van der Waals surface area contributed by atoms with E-state index in [1.807, 2.05) is 6.08 Å². The minimum Gasteiger partial charge on any atom is -0.392 e. The van der Waals surface area contributed by atoms with Gasteiger partial charge in [0.1, 0.15) is 0 Å². The zero-order valence-electron chi connectivity index (χ0n) is 20.1. The van der Waals surface area contributed by atoms with E-state index in [1.54, 1.807) is 5.57 Å². The molecule has 0 spiro atoms. The van der Waals surface area contributed by atoms with Gasteiger partial charge < -0.3 is 15.1 Å². The van der Waals surface area contributed by atoms with Crippen LogP contribution in [0.25, 0.3) is 0 Å². The summed E-state index contributed by atoms with van der Waals surface area (Å²) in [7, 11) is 0. The Morgan fingerprint density at radius 2 is 1.73 bits per heavy atom. The van der Waals surface area contributed by atoms with Crippen molar-refractivity contribution in [1.29, 1.82) is 0 Å². The summed E-state index contributed by atoms with van der Waals surface area (Å²) in [6.07, 6.45) is 19.9. The van der Waals surface area contributed by atoms with E-state index in [-0.39, 0.29) is 18.1 Å². The molecule has 2 saturated carbocycles. The smallest absolute Gasteiger partial charge is 0.0721 e. The molecule has 174 valence electrons. The SMILES string of the molecule is CCCCC[C@H](O)/C=C/[C@@H]1[C@H]2C/C(=C/CCCCN(CCC)CCC)C[C@H]2C[C@H]1O. The zero-order valence-corrected chi connectivity index (χ0v) is 20.1. The first-order valence-electron chi connectivity index (χ1n) is 13.0. The van der Waals surface area contributed by atoms with Crippen LogP contribution < -0.4 is 0 Å². The summed E-state index contributed by atoms with van der Waals surface area (Å²) in [5, 5.41) is 20.7. The van der Waals surface area contributed by atoms with E-state index < -0.39 is 0 Å². The largest absolute Gasteiger partial charge is 0.392 e. The molecule has 3 heteroatoms. The summed E-state index contributed by atoms with van der Waals surface area (Å²) in [6, 6.07) is 0. The van der Waals surface area contributed by atoms with Crippen LogP contribution in [0.4, 0.5) is 0 Å². The molecule has 2 N–H and O–H groups in total. The standard InChI is InChI=1S/C27H49NO2/c1-4-7-9-13-24(29)14-15-25-26-20-22(19-23(26)21-27(25)30)12-10-8-11-18-28(16-5-2)17-6-3/h12,14-15,23-27,29-30H,4-11,13,16-21H2,1-3H3/b15-14+,22-12+/t23-,24-,25+,26-,27+/m0/s1. The molecular weight excluding hydrogens is 370 g/mol. The van der Waals surface area contributed by atoms with Crippen molar-refractivity contribution in [2.24, 2.45) is 17.8 Å². The van der Waals surface area contributed by atoms with E-state index in [0.29, 0.717) is 11.8 Å². The van der Waals surface area contributed by atoms with Gasteiger partial charge in [-0.2, -0.15) is 0 Å². The van der Waals surface area contributed by atoms with Gasteiger partial charge in [0, 0.05) is 5.92 Å². The van der Waals surface area contributed by atoms with Crippen LogP contribution in [0.1, 0.15) is 97.8 Å². The van der Waals surface area contributed by atoms with Gasteiger partial charge in [0.15, 0.2) is 0 Å². The summed E-state index contributed by atoms with van der Waals surface area (Å²) in [6.45, 7) is 10.5. The Bertz CT molecular complexity index is 509. The molecule has 2 aliphatic carbocycles. The first kappa shape index (κ1) is 25.6. The second kappa shape index (κ2) is 14.4. The minimum absolute atomic E-state index is 0.219. The van der Waals surface area contributed by atoms with Gasteiger partial charge in [-0.25, -0.2) is 0 Å². The fraction of sp³-hybridized carbons (Fsp3) is 0.852. The Hall–Kier alpha value is -0.640. The van der Waals surface area contributed by atoms with E-state index in [4.69, 9.17) is 0 Å². The molecule has 0 unspecified atom stereocenters. The molecule has 5 atom stereocenters. The molecule has 2 rings (SSSR count). The van der Waals surface area contributed by atoms with Gasteiger partial charge in [0.05, 0.1) is 12.2 Å². The highest BCUT2D eigenvalue weighted by molar-refractivity contribution is 5.18. The number of aliphatic hydroxyl groups is 2. The molecule has 2 aliphatic rings. The van der Waals surface area contributed by atoms with Crippen LogP contribution in [0.5, 0.6) is 0 Å². The highest BCUT2D eigenvalue weighted by Gasteiger charge is 2.44. The van der Waals surface area contributed by atoms with Crippen molar-refractivity contribution in [2.45, 2.75) is 110 Å². The van der Waals surface area contributed by atoms with Crippen LogP contribution in [-0.4, -0.2) is 47.0 Å². The Kier molecular flexibility index (Phi) is 12.3. The quantitative estimate of drug-likeness (QED) is 0.249. The van der Waals surface area contributed by atoms with Crippen LogP contribution >= 0.6 is 0 Å². The number of hydrogen-bond acceptors (Lipinski definition) is 3. The fourth-order valence-corrected chi connectivity index (χ4v) is 5.65. The van der Waals surface area contributed by atoms with Crippen LogP contribution in [-0.2, 0) is 0 Å². The third kappa shape index (κ3) is 8.48. The van der Waals surface area contributed by atoms with Crippen LogP contribution in [0.2, 0.25) is 0 Å². The Balaban J connectivity index is 1.73. The predicted molar refractivity (Wildman–Crippen MR) is 129 cm³/mol. The minimum atomic E-state index is -0.348. The van der Waals surface area contributed by atoms with E-state index >= 15 is 0 Å². The summed E-state index contributed by atoms with van der Waals surface area (Å²) < 4.78 is 0. The van der Waals surface area contributed by atoms with E-state index in [9.17, 15) is 10.2 Å². The van der Waals surface area contributed by atoms with Gasteiger partial charge >= 0.3 is 0 Å². The topological polar surface area (TPSA) is 43.7 Å². The molecule has 0 aromatic carbocycles. The van der Waals surface area contributed by atoms with Crippen molar-refractivity contribution >= 4 is 0 Å². The molecule has 0 amide bonds. The lowest BCUT2D eigenvalue weighted by Crippen LogP contribution is -2.26. The first-order chi connectivity index (χ1) is 14.6. The van der Waals surface area contributed by atoms with E-state index in [1.165, 1.54) is 71.0 Å². The normalized spacial score (nSPS) is 28.8. The highest BCUT2D eigenvalue weighted by Crippen LogP contribution is 2.50. The summed E-state index contributed by atoms with van der Waals surface area (Å²) in [5.74, 6) is 1.45. The van der Waals surface area contributed by atoms with Crippen molar-refractivity contribution in [3.63, 3.8) is 0 Å². The number of hydrogen-bond donors (Lipinski definition) is 2. The summed E-state index contributed by atoms with van der Waals surface area (Å²) >= 11 is 0. The number of allylic oxidation sites excluding steroid dienone is 2. The third-order valence-electron chi connectivity index (χ3n) is 7.21. The van der Waals surface area contributed by atoms with Gasteiger partial charge in [0.2, 0.25) is 0 Å². The van der Waals surface area contributed by atoms with Crippen molar-refractivity contribution in [1.82, 2.24) is 4.90 Å². The monoisotopic (exact) mass is 419 g/mol. The summed E-state index contributed by atoms with van der Waals surface area (Å²) in [5.41, 5.74) is 1.62. The second-order valence-electron chi connectivity index (χ2n) is 9.86. The zero-order chi connectivity index (χ0) is 21.8. The molecule has 3 nitrogen and oxygen atoms in total. The van der Waals surface area contributed by atoms with Crippen molar-refractivity contribution in [3.05, 3.63) is 23.8 Å². The summed E-state index contributed by atoms with van der Waals surface area (Å²) in [4.78, 5) is 2.61. The van der Waals surface area contributed by atoms with Crippen LogP contribution in [0.15, 0.2) is 23.8 Å². The van der Waals surface area contributed by atoms with Gasteiger partial charge in [-0.3, -0.25) is 0 Å². The maximum absolute atomic E-state index is 10.5. The molecular formula is C27H49NO2. The number of aliphatic hydroxyl groups excluding tert-OH is 2. The predicted octanol–water partition coefficient (Wildman–Crippen LogP) is 6.11. The lowest BCUT2D eigenvalue weighted by atomic mass is 9.90. The van der Waals surface area contributed by atoms with Crippen molar-refractivity contribution in [2.75, 3.05) is 19.6 Å². The number of fused-ring (bicyclic) bond motifs is 1. The highest BCUT2D eigenvalue weighted by atomic mass is 16.3. The molecule has 0 radical (unpaired) electrons. The molecule has 0 aromatic heterocycles. The third-order valence-corrected chi connectivity index (χ3v) is 7.21. The molecule has 2 fully saturated rings. The van der Waals surface area contributed by atoms with Crippen molar-refractivity contribution in [3.8, 4) is 0 Å². The van der Waals surface area contributed by atoms with Crippen LogP contribution in [0, 0.1) is 17.8 Å². The molecule has 0 aliphatic heterocycles. The van der Waals surface area contributed by atoms with E-state index in [2.05, 4.69) is 37.8 Å². The lowest BCUT2D eigenvalue weighted by molar-refractivity contribution is 0.139. The second-order valence-corrected chi connectivity index (χ2v) is 9.86. The first-order valence-corrected chi connectivity index (χ1v) is 13.0. The molecule has 0 saturated heterocycles. The molecule has 0 heterocycles. The van der Waals surface area contributed by atoms with Crippen molar-refractivity contribution < 1.29 is 10.2 Å². The number of unbranched alkanes of at least 4 members (excludes halogenated alkanes) is 4. The van der Waals surface area contributed by atoms with Gasteiger partial charge in [-0.05, 0) is 89.3 Å². The van der Waals surface area contributed by atoms with Gasteiger partial charge in [-0.1, -0.05) is 63.8 Å². The Morgan fingerprint density at radius 3 is 2.43 bits per heavy atom. The molecule has 0 aromatic rings. The van der Waals surface area contributed by atoms with Gasteiger partial charge in [-0.15, -0.1) is 0 Å². The Morgan fingerprint density at radius 1 is 0.967 bits per heavy atom. The van der Waals surface area contributed by atoms with E-state index in [0.717, 1.165) is 25.7 Å². The van der Waals surface area contributed by atoms with Gasteiger partial charge in [0.25, 0.3) is 0 Å². The fourth-order valence-electron chi connectivity index (χ4n) is 5.65. The maximum atomic E-state index is 10.5. The average Bonchev–Trinajstić information content (AvgIpc) is 3.23. The number of nitrogens with zero attached hydrogens (tertiary/aromatic N) is 1. The number of rotatable bonds is 15. The Labute approximate surface area is 186 Å². The average molecular weight is 420 g/mol. The molecule has 0 bridgehead atoms.